The summed E-state index contributed by atoms with van der Waals surface area (Å²) in [6, 6.07) is 3.69. The van der Waals surface area contributed by atoms with Gasteiger partial charge in [0.05, 0.1) is 29.8 Å². The second-order valence-corrected chi connectivity index (χ2v) is 9.21. The van der Waals surface area contributed by atoms with Crippen LogP contribution in [0, 0.1) is 0 Å². The molecule has 0 radical (unpaired) electrons. The van der Waals surface area contributed by atoms with E-state index in [-0.39, 0.29) is 5.56 Å². The van der Waals surface area contributed by atoms with Crippen LogP contribution >= 0.6 is 23.1 Å². The molecule has 5 aromatic heterocycles. The van der Waals surface area contributed by atoms with Crippen molar-refractivity contribution in [2.45, 2.75) is 42.4 Å². The number of furan rings is 1. The van der Waals surface area contributed by atoms with Gasteiger partial charge >= 0.3 is 0 Å². The number of H-pyrrole nitrogens is 1. The molecule has 0 saturated carbocycles. The van der Waals surface area contributed by atoms with E-state index in [4.69, 9.17) is 9.40 Å². The molecule has 1 aliphatic rings. The molecule has 0 atom stereocenters. The van der Waals surface area contributed by atoms with Gasteiger partial charge in [-0.05, 0) is 55.1 Å². The summed E-state index contributed by atoms with van der Waals surface area (Å²) < 4.78 is 7.22. The van der Waals surface area contributed by atoms with Crippen LogP contribution in [0.25, 0.3) is 21.3 Å². The third-order valence-electron chi connectivity index (χ3n) is 5.33. The fourth-order valence-corrected chi connectivity index (χ4v) is 6.14. The lowest BCUT2D eigenvalue weighted by Crippen LogP contribution is -2.24. The summed E-state index contributed by atoms with van der Waals surface area (Å²) in [4.78, 5) is 29.3. The number of aromatic amines is 1. The number of aromatic nitrogens is 6. The summed E-state index contributed by atoms with van der Waals surface area (Å²) in [5.74, 6) is 0.709. The smallest absolute Gasteiger partial charge is 0.263 e. The quantitative estimate of drug-likeness (QED) is 0.338. The molecular weight excluding hydrogens is 420 g/mol. The van der Waals surface area contributed by atoms with Gasteiger partial charge in [-0.2, -0.15) is 5.10 Å². The van der Waals surface area contributed by atoms with E-state index in [1.807, 2.05) is 12.1 Å². The molecule has 150 valence electrons. The minimum atomic E-state index is -0.0178. The lowest BCUT2D eigenvalue weighted by atomic mass is 9.97. The van der Waals surface area contributed by atoms with Gasteiger partial charge in [-0.3, -0.25) is 14.5 Å². The summed E-state index contributed by atoms with van der Waals surface area (Å²) in [7, 11) is 0. The summed E-state index contributed by atoms with van der Waals surface area (Å²) in [6.45, 7) is 0.321. The van der Waals surface area contributed by atoms with Crippen molar-refractivity contribution in [2.75, 3.05) is 0 Å². The SMILES string of the molecule is O=c1c2c3c(sc2nc(Sc2ncnc4[nH]ncc24)n1Cc1ccco1)CCCC3. The maximum Gasteiger partial charge on any atom is 0.263 e. The molecule has 8 nitrogen and oxygen atoms in total. The van der Waals surface area contributed by atoms with Gasteiger partial charge < -0.3 is 4.42 Å². The first kappa shape index (κ1) is 17.8. The normalized spacial score (nSPS) is 13.9. The van der Waals surface area contributed by atoms with E-state index in [1.54, 1.807) is 28.4 Å². The average Bonchev–Trinajstić information content (AvgIpc) is 3.50. The van der Waals surface area contributed by atoms with E-state index in [0.29, 0.717) is 28.1 Å². The maximum absolute atomic E-state index is 13.6. The highest BCUT2D eigenvalue weighted by molar-refractivity contribution is 7.99. The third-order valence-corrected chi connectivity index (χ3v) is 7.53. The van der Waals surface area contributed by atoms with Crippen LogP contribution in [0.2, 0.25) is 0 Å². The van der Waals surface area contributed by atoms with Gasteiger partial charge in [0.1, 0.15) is 21.9 Å². The van der Waals surface area contributed by atoms with Crippen molar-refractivity contribution in [1.29, 1.82) is 0 Å². The molecule has 0 saturated heterocycles. The molecule has 0 bridgehead atoms. The summed E-state index contributed by atoms with van der Waals surface area (Å²) >= 11 is 3.00. The number of nitrogens with zero attached hydrogens (tertiary/aromatic N) is 5. The van der Waals surface area contributed by atoms with Crippen LogP contribution in [0.1, 0.15) is 29.0 Å². The van der Waals surface area contributed by atoms with Crippen molar-refractivity contribution in [3.05, 3.63) is 57.5 Å². The number of rotatable bonds is 4. The Kier molecular flexibility index (Phi) is 4.20. The molecule has 30 heavy (non-hydrogen) atoms. The fourth-order valence-electron chi connectivity index (χ4n) is 3.91. The third kappa shape index (κ3) is 2.86. The first-order chi connectivity index (χ1) is 14.8. The van der Waals surface area contributed by atoms with Crippen LogP contribution in [0.15, 0.2) is 50.3 Å². The van der Waals surface area contributed by atoms with Crippen molar-refractivity contribution in [2.24, 2.45) is 0 Å². The van der Waals surface area contributed by atoms with Crippen molar-refractivity contribution in [3.8, 4) is 0 Å². The maximum atomic E-state index is 13.6. The zero-order valence-corrected chi connectivity index (χ0v) is 17.4. The molecule has 0 aliphatic heterocycles. The summed E-state index contributed by atoms with van der Waals surface area (Å²) in [5.41, 5.74) is 1.82. The molecular formula is C20H16N6O2S2. The Morgan fingerprint density at radius 1 is 1.27 bits per heavy atom. The van der Waals surface area contributed by atoms with Crippen molar-refractivity contribution >= 4 is 44.3 Å². The molecule has 0 spiro atoms. The predicted molar refractivity (Wildman–Crippen MR) is 114 cm³/mol. The van der Waals surface area contributed by atoms with E-state index >= 15 is 0 Å². The monoisotopic (exact) mass is 436 g/mol. The molecule has 6 rings (SSSR count). The fraction of sp³-hybridized carbons (Fsp3) is 0.250. The van der Waals surface area contributed by atoms with Gasteiger partial charge in [-0.15, -0.1) is 11.3 Å². The van der Waals surface area contributed by atoms with Gasteiger partial charge in [0.25, 0.3) is 5.56 Å². The second-order valence-electron chi connectivity index (χ2n) is 7.17. The summed E-state index contributed by atoms with van der Waals surface area (Å²) in [5, 5.41) is 9.76. The number of fused-ring (bicyclic) bond motifs is 4. The Labute approximate surface area is 178 Å². The minimum Gasteiger partial charge on any atom is -0.467 e. The van der Waals surface area contributed by atoms with Crippen LogP contribution in [0.3, 0.4) is 0 Å². The Hall–Kier alpha value is -2.98. The standard InChI is InChI=1S/C20H16N6O2S2/c27-19-15-12-5-1-2-6-14(12)29-18(15)24-20(26(19)9-11-4-3-7-28-11)30-17-13-8-23-25-16(13)21-10-22-17/h3-4,7-8,10H,1-2,5-6,9H2,(H,21,22,23,25). The van der Waals surface area contributed by atoms with E-state index in [2.05, 4.69) is 20.2 Å². The zero-order valence-electron chi connectivity index (χ0n) is 15.8. The Bertz CT molecular complexity index is 1430. The van der Waals surface area contributed by atoms with Crippen LogP contribution in [-0.2, 0) is 19.4 Å². The van der Waals surface area contributed by atoms with Gasteiger partial charge in [-0.1, -0.05) is 0 Å². The van der Waals surface area contributed by atoms with Crippen LogP contribution in [0.4, 0.5) is 0 Å². The average molecular weight is 437 g/mol. The van der Waals surface area contributed by atoms with Crippen LogP contribution in [-0.4, -0.2) is 29.7 Å². The van der Waals surface area contributed by atoms with E-state index in [9.17, 15) is 4.79 Å². The minimum absolute atomic E-state index is 0.0178. The number of hydrogen-bond donors (Lipinski definition) is 1. The van der Waals surface area contributed by atoms with Crippen LogP contribution < -0.4 is 5.56 Å². The second kappa shape index (κ2) is 7.06. The molecule has 0 amide bonds. The molecule has 1 N–H and O–H groups in total. The Morgan fingerprint density at radius 2 is 2.20 bits per heavy atom. The Morgan fingerprint density at radius 3 is 3.10 bits per heavy atom. The van der Waals surface area contributed by atoms with Crippen molar-refractivity contribution in [1.82, 2.24) is 29.7 Å². The first-order valence-corrected chi connectivity index (χ1v) is 11.3. The van der Waals surface area contributed by atoms with Crippen molar-refractivity contribution in [3.63, 3.8) is 0 Å². The number of nitrogens with one attached hydrogen (secondary N) is 1. The highest BCUT2D eigenvalue weighted by atomic mass is 32.2. The van der Waals surface area contributed by atoms with Gasteiger partial charge in [0, 0.05) is 4.88 Å². The highest BCUT2D eigenvalue weighted by Gasteiger charge is 2.23. The molecule has 0 unspecified atom stereocenters. The van der Waals surface area contributed by atoms with Gasteiger partial charge in [0.15, 0.2) is 10.8 Å². The topological polar surface area (TPSA) is 102 Å². The lowest BCUT2D eigenvalue weighted by Gasteiger charge is -2.12. The molecule has 0 aromatic carbocycles. The highest BCUT2D eigenvalue weighted by Crippen LogP contribution is 2.36. The molecule has 0 fully saturated rings. The van der Waals surface area contributed by atoms with Gasteiger partial charge in [0.2, 0.25) is 0 Å². The summed E-state index contributed by atoms with van der Waals surface area (Å²) in [6.07, 6.45) is 9.05. The van der Waals surface area contributed by atoms with E-state index < -0.39 is 0 Å². The first-order valence-electron chi connectivity index (χ1n) is 9.67. The van der Waals surface area contributed by atoms with E-state index in [1.165, 1.54) is 35.0 Å². The molecule has 1 aliphatic carbocycles. The zero-order chi connectivity index (χ0) is 20.1. The lowest BCUT2D eigenvalue weighted by molar-refractivity contribution is 0.476. The molecule has 10 heteroatoms. The molecule has 5 heterocycles. The molecule has 5 aromatic rings. The van der Waals surface area contributed by atoms with Gasteiger partial charge in [-0.25, -0.2) is 15.0 Å². The van der Waals surface area contributed by atoms with Crippen LogP contribution in [0.5, 0.6) is 0 Å². The van der Waals surface area contributed by atoms with E-state index in [0.717, 1.165) is 34.9 Å². The number of aryl methyl sites for hydroxylation is 2. The number of thiophene rings is 1. The van der Waals surface area contributed by atoms with Crippen molar-refractivity contribution < 1.29 is 4.42 Å². The largest absolute Gasteiger partial charge is 0.467 e. The predicted octanol–water partition coefficient (Wildman–Crippen LogP) is 3.80. The number of hydrogen-bond acceptors (Lipinski definition) is 8. The Balaban J connectivity index is 1.56.